The van der Waals surface area contributed by atoms with Crippen LogP contribution >= 0.6 is 0 Å². The Labute approximate surface area is 99.5 Å². The zero-order chi connectivity index (χ0) is 12.3. The molecule has 0 aliphatic heterocycles. The fourth-order valence-corrected chi connectivity index (χ4v) is 1.51. The molecule has 1 aliphatic rings. The third-order valence-corrected chi connectivity index (χ3v) is 2.68. The van der Waals surface area contributed by atoms with Gasteiger partial charge >= 0.3 is 6.61 Å². The van der Waals surface area contributed by atoms with E-state index in [1.807, 2.05) is 0 Å². The minimum atomic E-state index is -2.83. The molecule has 2 nitrogen and oxygen atoms in total. The Morgan fingerprint density at radius 2 is 2.06 bits per heavy atom. The number of hydrogen-bond donors (Lipinski definition) is 0. The Bertz CT molecular complexity index is 376. The lowest BCUT2D eigenvalue weighted by atomic mass is 10.1. The van der Waals surface area contributed by atoms with Crippen LogP contribution in [0.2, 0.25) is 0 Å². The van der Waals surface area contributed by atoms with Crippen LogP contribution in [0.3, 0.4) is 0 Å². The van der Waals surface area contributed by atoms with E-state index < -0.39 is 6.61 Å². The van der Waals surface area contributed by atoms with Gasteiger partial charge in [-0.15, -0.1) is 0 Å². The maximum atomic E-state index is 12.2. The molecule has 0 amide bonds. The van der Waals surface area contributed by atoms with Crippen molar-refractivity contribution in [1.82, 2.24) is 0 Å². The molecule has 0 spiro atoms. The van der Waals surface area contributed by atoms with Gasteiger partial charge in [0, 0.05) is 0 Å². The van der Waals surface area contributed by atoms with Crippen molar-refractivity contribution in [3.8, 4) is 11.5 Å². The highest BCUT2D eigenvalue weighted by molar-refractivity contribution is 5.43. The molecule has 0 saturated heterocycles. The van der Waals surface area contributed by atoms with E-state index in [0.29, 0.717) is 24.7 Å². The van der Waals surface area contributed by atoms with Crippen LogP contribution in [0.1, 0.15) is 18.4 Å². The number of ether oxygens (including phenoxy) is 2. The highest BCUT2D eigenvalue weighted by Crippen LogP contribution is 2.34. The van der Waals surface area contributed by atoms with E-state index in [4.69, 9.17) is 4.74 Å². The first-order chi connectivity index (χ1) is 8.19. The lowest BCUT2D eigenvalue weighted by Crippen LogP contribution is -2.06. The Kier molecular flexibility index (Phi) is 3.82. The number of halogens is 2. The Morgan fingerprint density at radius 3 is 2.65 bits per heavy atom. The predicted molar refractivity (Wildman–Crippen MR) is 60.4 cm³/mol. The van der Waals surface area contributed by atoms with Gasteiger partial charge in [0.05, 0.1) is 6.61 Å². The van der Waals surface area contributed by atoms with E-state index >= 15 is 0 Å². The summed E-state index contributed by atoms with van der Waals surface area (Å²) in [5.41, 5.74) is 0.942. The summed E-state index contributed by atoms with van der Waals surface area (Å²) in [5, 5.41) is 0. The van der Waals surface area contributed by atoms with Gasteiger partial charge in [0.2, 0.25) is 0 Å². The van der Waals surface area contributed by atoms with Crippen molar-refractivity contribution in [2.24, 2.45) is 5.92 Å². The maximum Gasteiger partial charge on any atom is 0.387 e. The molecule has 1 saturated carbocycles. The van der Waals surface area contributed by atoms with E-state index in [2.05, 4.69) is 11.7 Å². The second-order valence-electron chi connectivity index (χ2n) is 4.16. The van der Waals surface area contributed by atoms with Crippen LogP contribution in [0, 0.1) is 12.8 Å². The Balaban J connectivity index is 2.10. The molecule has 0 aromatic heterocycles. The monoisotopic (exact) mass is 241 g/mol. The van der Waals surface area contributed by atoms with Gasteiger partial charge in [0.1, 0.15) is 0 Å². The second kappa shape index (κ2) is 5.34. The standard InChI is InChI=1S/C13H15F2O2/c1-2-9-5-6-11(17-13(14)15)12(7-9)16-8-10-3-4-10/h5-7,10,13H,1-4,8H2. The third kappa shape index (κ3) is 3.58. The summed E-state index contributed by atoms with van der Waals surface area (Å²) in [7, 11) is 0. The normalized spacial score (nSPS) is 15.1. The predicted octanol–water partition coefficient (Wildman–Crippen LogP) is 3.45. The molecule has 0 unspecified atom stereocenters. The summed E-state index contributed by atoms with van der Waals surface area (Å²) in [5.74, 6) is 1.05. The maximum absolute atomic E-state index is 12.2. The smallest absolute Gasteiger partial charge is 0.387 e. The molecule has 1 radical (unpaired) electrons. The zero-order valence-corrected chi connectivity index (χ0v) is 9.49. The van der Waals surface area contributed by atoms with Crippen LogP contribution in [0.4, 0.5) is 8.78 Å². The van der Waals surface area contributed by atoms with E-state index in [1.165, 1.54) is 6.07 Å². The van der Waals surface area contributed by atoms with Crippen LogP contribution in [-0.4, -0.2) is 13.2 Å². The molecule has 93 valence electrons. The van der Waals surface area contributed by atoms with Gasteiger partial charge in [0.15, 0.2) is 11.5 Å². The minimum absolute atomic E-state index is 0.0952. The van der Waals surface area contributed by atoms with Gasteiger partial charge in [-0.3, -0.25) is 0 Å². The average Bonchev–Trinajstić information content (AvgIpc) is 3.11. The van der Waals surface area contributed by atoms with Crippen LogP contribution in [-0.2, 0) is 6.42 Å². The number of hydrogen-bond acceptors (Lipinski definition) is 2. The summed E-state index contributed by atoms with van der Waals surface area (Å²) in [4.78, 5) is 0. The first kappa shape index (κ1) is 12.1. The summed E-state index contributed by atoms with van der Waals surface area (Å²) < 4.78 is 34.3. The highest BCUT2D eigenvalue weighted by Gasteiger charge is 2.23. The third-order valence-electron chi connectivity index (χ3n) is 2.68. The lowest BCUT2D eigenvalue weighted by Gasteiger charge is -2.13. The van der Waals surface area contributed by atoms with Gasteiger partial charge in [0.25, 0.3) is 0 Å². The zero-order valence-electron chi connectivity index (χ0n) is 9.49. The molecule has 1 aliphatic carbocycles. The molecule has 1 aromatic rings. The molecule has 0 bridgehead atoms. The largest absolute Gasteiger partial charge is 0.489 e. The van der Waals surface area contributed by atoms with Crippen LogP contribution in [0.15, 0.2) is 18.2 Å². The Hall–Kier alpha value is -1.32. The molecular weight excluding hydrogens is 226 g/mol. The van der Waals surface area contributed by atoms with Crippen molar-refractivity contribution < 1.29 is 18.3 Å². The molecule has 4 heteroatoms. The van der Waals surface area contributed by atoms with Gasteiger partial charge in [-0.25, -0.2) is 0 Å². The lowest BCUT2D eigenvalue weighted by molar-refractivity contribution is -0.0515. The Morgan fingerprint density at radius 1 is 1.29 bits per heavy atom. The molecular formula is C13H15F2O2. The summed E-state index contributed by atoms with van der Waals surface area (Å²) in [6.45, 7) is 1.49. The summed E-state index contributed by atoms with van der Waals surface area (Å²) in [6.07, 6.45) is 2.90. The van der Waals surface area contributed by atoms with Crippen molar-refractivity contribution in [3.05, 3.63) is 30.7 Å². The van der Waals surface area contributed by atoms with Gasteiger partial charge in [-0.2, -0.15) is 8.78 Å². The molecule has 0 atom stereocenters. The van der Waals surface area contributed by atoms with Crippen molar-refractivity contribution >= 4 is 0 Å². The SMILES string of the molecule is [CH2]Cc1ccc(OC(F)F)c(OCC2CC2)c1. The van der Waals surface area contributed by atoms with E-state index in [1.54, 1.807) is 12.1 Å². The molecule has 17 heavy (non-hydrogen) atoms. The molecule has 0 heterocycles. The van der Waals surface area contributed by atoms with Crippen LogP contribution in [0.25, 0.3) is 0 Å². The van der Waals surface area contributed by atoms with Crippen LogP contribution < -0.4 is 9.47 Å². The summed E-state index contributed by atoms with van der Waals surface area (Å²) >= 11 is 0. The fraction of sp³-hybridized carbons (Fsp3) is 0.462. The minimum Gasteiger partial charge on any atom is -0.489 e. The topological polar surface area (TPSA) is 18.5 Å². The first-order valence-electron chi connectivity index (χ1n) is 5.69. The highest BCUT2D eigenvalue weighted by atomic mass is 19.3. The fourth-order valence-electron chi connectivity index (χ4n) is 1.51. The van der Waals surface area contributed by atoms with Gasteiger partial charge < -0.3 is 9.47 Å². The van der Waals surface area contributed by atoms with Crippen molar-refractivity contribution in [2.45, 2.75) is 25.9 Å². The quantitative estimate of drug-likeness (QED) is 0.759. The van der Waals surface area contributed by atoms with Crippen LogP contribution in [0.5, 0.6) is 11.5 Å². The molecule has 2 rings (SSSR count). The number of benzene rings is 1. The van der Waals surface area contributed by atoms with Crippen molar-refractivity contribution in [1.29, 1.82) is 0 Å². The molecule has 1 aromatic carbocycles. The second-order valence-corrected chi connectivity index (χ2v) is 4.16. The summed E-state index contributed by atoms with van der Waals surface area (Å²) in [6, 6.07) is 4.94. The average molecular weight is 241 g/mol. The van der Waals surface area contributed by atoms with Crippen molar-refractivity contribution in [3.63, 3.8) is 0 Å². The molecule has 0 N–H and O–H groups in total. The van der Waals surface area contributed by atoms with Crippen molar-refractivity contribution in [2.75, 3.05) is 6.61 Å². The van der Waals surface area contributed by atoms with Gasteiger partial charge in [-0.05, 0) is 49.8 Å². The first-order valence-corrected chi connectivity index (χ1v) is 5.69. The number of alkyl halides is 2. The van der Waals surface area contributed by atoms with E-state index in [9.17, 15) is 8.78 Å². The van der Waals surface area contributed by atoms with E-state index in [0.717, 1.165) is 18.4 Å². The number of rotatable bonds is 6. The van der Waals surface area contributed by atoms with Gasteiger partial charge in [-0.1, -0.05) is 6.07 Å². The van der Waals surface area contributed by atoms with E-state index in [-0.39, 0.29) is 5.75 Å². The molecule has 1 fully saturated rings.